The fourth-order valence-corrected chi connectivity index (χ4v) is 4.46. The van der Waals surface area contributed by atoms with Crippen LogP contribution in [0.1, 0.15) is 31.8 Å². The largest absolute Gasteiger partial charge is 0.478 e. The van der Waals surface area contributed by atoms with Crippen molar-refractivity contribution in [3.05, 3.63) is 126 Å². The van der Waals surface area contributed by atoms with Gasteiger partial charge in [0, 0.05) is 39.6 Å². The highest BCUT2D eigenvalue weighted by molar-refractivity contribution is 6.17. The first kappa shape index (κ1) is 27.1. The van der Waals surface area contributed by atoms with E-state index in [2.05, 4.69) is 15.6 Å². The van der Waals surface area contributed by atoms with Crippen molar-refractivity contribution in [2.24, 2.45) is 0 Å². The molecule has 0 atom stereocenters. The third-order valence-electron chi connectivity index (χ3n) is 6.26. The Morgan fingerprint density at radius 2 is 1.37 bits per heavy atom. The first-order chi connectivity index (χ1) is 19.6. The Balaban J connectivity index is 1.57. The number of pyridine rings is 1. The number of fused-ring (bicyclic) bond motifs is 1. The van der Waals surface area contributed by atoms with Crippen LogP contribution < -0.4 is 10.6 Å². The predicted molar refractivity (Wildman–Crippen MR) is 148 cm³/mol. The Morgan fingerprint density at radius 1 is 0.732 bits per heavy atom. The number of ketones is 1. The lowest BCUT2D eigenvalue weighted by atomic mass is 9.91. The van der Waals surface area contributed by atoms with Crippen molar-refractivity contribution in [3.63, 3.8) is 0 Å². The van der Waals surface area contributed by atoms with Crippen molar-refractivity contribution in [2.75, 3.05) is 10.6 Å². The van der Waals surface area contributed by atoms with Gasteiger partial charge in [-0.25, -0.2) is 9.59 Å². The highest BCUT2D eigenvalue weighted by atomic mass is 19.4. The molecular weight excluding hydrogens is 535 g/mol. The summed E-state index contributed by atoms with van der Waals surface area (Å²) in [6.45, 7) is 0. The van der Waals surface area contributed by atoms with Crippen LogP contribution in [0.25, 0.3) is 22.0 Å². The third-order valence-corrected chi connectivity index (χ3v) is 6.26. The van der Waals surface area contributed by atoms with E-state index in [0.717, 1.165) is 12.3 Å². The Bertz CT molecular complexity index is 1800. The number of para-hydroxylation sites is 1. The number of rotatable bonds is 6. The molecule has 4 aromatic carbocycles. The number of nitrogens with one attached hydrogen (secondary N) is 2. The number of hydrogen-bond acceptors (Lipinski definition) is 4. The number of hydrogen-bond donors (Lipinski definition) is 3. The zero-order valence-electron chi connectivity index (χ0n) is 21.1. The van der Waals surface area contributed by atoms with Gasteiger partial charge in [-0.05, 0) is 42.0 Å². The van der Waals surface area contributed by atoms with Gasteiger partial charge in [0.1, 0.15) is 0 Å². The molecule has 0 radical (unpaired) electrons. The van der Waals surface area contributed by atoms with Gasteiger partial charge in [0.25, 0.3) is 0 Å². The average molecular weight is 556 g/mol. The number of aromatic nitrogens is 1. The van der Waals surface area contributed by atoms with E-state index in [1.54, 1.807) is 48.5 Å². The number of carbonyl (C=O) groups excluding carboxylic acids is 2. The normalized spacial score (nSPS) is 11.2. The summed E-state index contributed by atoms with van der Waals surface area (Å²) in [4.78, 5) is 41.5. The maximum absolute atomic E-state index is 13.8. The van der Waals surface area contributed by atoms with E-state index >= 15 is 0 Å². The van der Waals surface area contributed by atoms with Crippen LogP contribution in [-0.4, -0.2) is 27.9 Å². The third kappa shape index (κ3) is 5.76. The summed E-state index contributed by atoms with van der Waals surface area (Å²) in [5, 5.41) is 14.5. The monoisotopic (exact) mass is 555 g/mol. The molecule has 0 aliphatic rings. The summed E-state index contributed by atoms with van der Waals surface area (Å²) in [5.74, 6) is -1.58. The zero-order chi connectivity index (χ0) is 29.1. The number of carboxylic acids is 1. The molecular formula is C31H20F3N3O4. The molecule has 0 aliphatic heterocycles. The van der Waals surface area contributed by atoms with Crippen molar-refractivity contribution >= 4 is 40.1 Å². The maximum atomic E-state index is 13.8. The van der Waals surface area contributed by atoms with E-state index in [-0.39, 0.29) is 39.0 Å². The summed E-state index contributed by atoms with van der Waals surface area (Å²) >= 11 is 0. The minimum absolute atomic E-state index is 0.0109. The van der Waals surface area contributed by atoms with Crippen LogP contribution in [0.3, 0.4) is 0 Å². The number of carbonyl (C=O) groups is 3. The van der Waals surface area contributed by atoms with Crippen LogP contribution in [-0.2, 0) is 6.18 Å². The van der Waals surface area contributed by atoms with Gasteiger partial charge in [-0.2, -0.15) is 13.2 Å². The van der Waals surface area contributed by atoms with Crippen LogP contribution in [0, 0.1) is 0 Å². The molecule has 7 nitrogen and oxygen atoms in total. The maximum Gasteiger partial charge on any atom is 0.418 e. The Kier molecular flexibility index (Phi) is 7.22. The molecule has 0 saturated carbocycles. The molecule has 3 N–H and O–H groups in total. The van der Waals surface area contributed by atoms with Crippen LogP contribution >= 0.6 is 0 Å². The molecule has 1 aromatic heterocycles. The van der Waals surface area contributed by atoms with Gasteiger partial charge in [0.2, 0.25) is 0 Å². The lowest BCUT2D eigenvalue weighted by Crippen LogP contribution is -2.19. The molecule has 1 heterocycles. The molecule has 2 amide bonds. The zero-order valence-corrected chi connectivity index (χ0v) is 21.1. The van der Waals surface area contributed by atoms with Crippen molar-refractivity contribution in [1.29, 1.82) is 0 Å². The molecule has 0 saturated heterocycles. The Morgan fingerprint density at radius 3 is 2.05 bits per heavy atom. The predicted octanol–water partition coefficient (Wildman–Crippen LogP) is 7.49. The molecule has 0 spiro atoms. The SMILES string of the molecule is O=C(Nc1cccc(C(=O)O)c1)Nc1cccc(-c2c(C(=O)c3ccccc3)cnc3c(C(F)(F)F)cccc23)c1. The van der Waals surface area contributed by atoms with Gasteiger partial charge in [0.05, 0.1) is 16.6 Å². The fraction of sp³-hybridized carbons (Fsp3) is 0.0323. The van der Waals surface area contributed by atoms with Gasteiger partial charge in [-0.15, -0.1) is 0 Å². The van der Waals surface area contributed by atoms with Gasteiger partial charge >= 0.3 is 18.2 Å². The number of urea groups is 1. The highest BCUT2D eigenvalue weighted by Crippen LogP contribution is 2.39. The Labute approximate surface area is 231 Å². The van der Waals surface area contributed by atoms with E-state index in [9.17, 15) is 27.6 Å². The van der Waals surface area contributed by atoms with Gasteiger partial charge in [0.15, 0.2) is 5.78 Å². The molecule has 204 valence electrons. The smallest absolute Gasteiger partial charge is 0.418 e. The van der Waals surface area contributed by atoms with Gasteiger partial charge in [-0.1, -0.05) is 60.7 Å². The van der Waals surface area contributed by atoms with Crippen LogP contribution in [0.15, 0.2) is 103 Å². The van der Waals surface area contributed by atoms with Crippen LogP contribution in [0.2, 0.25) is 0 Å². The van der Waals surface area contributed by atoms with E-state index in [4.69, 9.17) is 5.11 Å². The molecule has 5 aromatic rings. The quantitative estimate of drug-likeness (QED) is 0.188. The summed E-state index contributed by atoms with van der Waals surface area (Å²) in [7, 11) is 0. The van der Waals surface area contributed by atoms with Gasteiger partial charge < -0.3 is 15.7 Å². The molecule has 0 bridgehead atoms. The lowest BCUT2D eigenvalue weighted by molar-refractivity contribution is -0.136. The molecule has 0 aliphatic carbocycles. The number of anilines is 2. The number of amides is 2. The van der Waals surface area contributed by atoms with Crippen molar-refractivity contribution in [3.8, 4) is 11.1 Å². The van der Waals surface area contributed by atoms with Crippen molar-refractivity contribution < 1.29 is 32.7 Å². The number of carboxylic acid groups (broad SMARTS) is 1. The van der Waals surface area contributed by atoms with E-state index in [0.29, 0.717) is 11.1 Å². The topological polar surface area (TPSA) is 108 Å². The van der Waals surface area contributed by atoms with Crippen molar-refractivity contribution in [1.82, 2.24) is 4.98 Å². The first-order valence-electron chi connectivity index (χ1n) is 12.2. The van der Waals surface area contributed by atoms with E-state index in [1.165, 1.54) is 42.5 Å². The Hall–Kier alpha value is -5.51. The lowest BCUT2D eigenvalue weighted by Gasteiger charge is -2.16. The number of alkyl halides is 3. The number of nitrogens with zero attached hydrogens (tertiary/aromatic N) is 1. The minimum atomic E-state index is -4.67. The molecule has 5 rings (SSSR count). The minimum Gasteiger partial charge on any atom is -0.478 e. The standard InChI is InChI=1S/C31H20F3N3O4/c32-31(33,34)25-14-6-13-23-26(24(17-35-27(23)25)28(38)18-7-2-1-3-8-18)19-9-4-11-21(15-19)36-30(41)37-22-12-5-10-20(16-22)29(39)40/h1-17H,(H,39,40)(H2,36,37,41). The van der Waals surface area contributed by atoms with Crippen LogP contribution in [0.4, 0.5) is 29.3 Å². The second-order valence-electron chi connectivity index (χ2n) is 8.99. The summed E-state index contributed by atoms with van der Waals surface area (Å²) in [6.07, 6.45) is -3.53. The fourth-order valence-electron chi connectivity index (χ4n) is 4.46. The van der Waals surface area contributed by atoms with Gasteiger partial charge in [-0.3, -0.25) is 9.78 Å². The summed E-state index contributed by atoms with van der Waals surface area (Å²) in [5.41, 5.74) is 0.298. The van der Waals surface area contributed by atoms with E-state index < -0.39 is 29.5 Å². The number of halogens is 3. The summed E-state index contributed by atoms with van der Waals surface area (Å²) < 4.78 is 41.5. The highest BCUT2D eigenvalue weighted by Gasteiger charge is 2.34. The second-order valence-corrected chi connectivity index (χ2v) is 8.99. The molecule has 0 fully saturated rings. The molecule has 10 heteroatoms. The number of benzene rings is 4. The van der Waals surface area contributed by atoms with E-state index in [1.807, 2.05) is 0 Å². The first-order valence-corrected chi connectivity index (χ1v) is 12.2. The number of aromatic carboxylic acids is 1. The summed E-state index contributed by atoms with van der Waals surface area (Å²) in [6, 6.07) is 23.3. The van der Waals surface area contributed by atoms with Crippen LogP contribution in [0.5, 0.6) is 0 Å². The molecule has 0 unspecified atom stereocenters. The molecule has 41 heavy (non-hydrogen) atoms. The van der Waals surface area contributed by atoms with Crippen molar-refractivity contribution in [2.45, 2.75) is 6.18 Å². The second kappa shape index (κ2) is 10.9. The average Bonchev–Trinajstić information content (AvgIpc) is 2.96.